The van der Waals surface area contributed by atoms with E-state index in [1.807, 2.05) is 0 Å². The van der Waals surface area contributed by atoms with Crippen molar-refractivity contribution < 1.29 is 0 Å². The maximum Gasteiger partial charge on any atom is 0.148 e. The van der Waals surface area contributed by atoms with Crippen LogP contribution in [0, 0.1) is 5.92 Å². The molecule has 0 aliphatic heterocycles. The number of hydrogen-bond donors (Lipinski definition) is 2. The predicted molar refractivity (Wildman–Crippen MR) is 63.0 cm³/mol. The van der Waals surface area contributed by atoms with Crippen LogP contribution in [0.25, 0.3) is 0 Å². The number of nitrogens with one attached hydrogen (secondary N) is 1. The zero-order valence-corrected chi connectivity index (χ0v) is 10.0. The minimum Gasteiger partial charge on any atom is -0.362 e. The van der Waals surface area contributed by atoms with E-state index in [1.165, 1.54) is 6.33 Å². The minimum absolute atomic E-state index is 0.210. The molecule has 1 heterocycles. The first kappa shape index (κ1) is 12.2. The summed E-state index contributed by atoms with van der Waals surface area (Å²) in [5, 5.41) is 3.78. The molecule has 0 spiro atoms. The smallest absolute Gasteiger partial charge is 0.148 e. The van der Waals surface area contributed by atoms with Crippen LogP contribution < -0.4 is 11.1 Å². The van der Waals surface area contributed by atoms with Crippen LogP contribution in [-0.2, 0) is 0 Å². The second-order valence-corrected chi connectivity index (χ2v) is 4.53. The molecule has 0 fully saturated rings. The Hall–Kier alpha value is -0.870. The van der Waals surface area contributed by atoms with E-state index in [2.05, 4.69) is 36.1 Å². The largest absolute Gasteiger partial charge is 0.362 e. The molecular weight excluding hydrogens is 212 g/mol. The minimum atomic E-state index is -0.210. The van der Waals surface area contributed by atoms with Crippen LogP contribution in [0.4, 0.5) is 5.82 Å². The lowest BCUT2D eigenvalue weighted by Crippen LogP contribution is -2.47. The summed E-state index contributed by atoms with van der Waals surface area (Å²) in [6.45, 7) is 6.78. The summed E-state index contributed by atoms with van der Waals surface area (Å²) in [4.78, 5) is 7.92. The van der Waals surface area contributed by atoms with Crippen molar-refractivity contribution in [3.63, 3.8) is 0 Å². The fraction of sp³-hybridized carbons (Fsp3) is 0.600. The molecule has 0 saturated carbocycles. The predicted octanol–water partition coefficient (Wildman–Crippen LogP) is 1.92. The van der Waals surface area contributed by atoms with Gasteiger partial charge in [-0.25, -0.2) is 9.97 Å². The monoisotopic (exact) mass is 228 g/mol. The number of hydrogen-bond acceptors (Lipinski definition) is 4. The molecule has 1 aromatic rings. The maximum absolute atomic E-state index is 5.96. The van der Waals surface area contributed by atoms with Crippen molar-refractivity contribution in [1.82, 2.24) is 9.97 Å². The summed E-state index contributed by atoms with van der Waals surface area (Å²) in [6.07, 6.45) is 3.03. The van der Waals surface area contributed by atoms with E-state index in [1.54, 1.807) is 6.20 Å². The Labute approximate surface area is 95.3 Å². The van der Waals surface area contributed by atoms with Crippen molar-refractivity contribution in [3.8, 4) is 0 Å². The molecule has 0 amide bonds. The highest BCUT2D eigenvalue weighted by atomic mass is 35.5. The summed E-state index contributed by atoms with van der Waals surface area (Å²) in [7, 11) is 0. The van der Waals surface area contributed by atoms with E-state index in [0.717, 1.165) is 0 Å². The molecule has 1 atom stereocenters. The van der Waals surface area contributed by atoms with Crippen LogP contribution in [-0.4, -0.2) is 22.1 Å². The third kappa shape index (κ3) is 2.79. The van der Waals surface area contributed by atoms with Gasteiger partial charge < -0.3 is 11.1 Å². The van der Waals surface area contributed by atoms with Gasteiger partial charge in [-0.05, 0) is 12.8 Å². The third-order valence-electron chi connectivity index (χ3n) is 2.77. The van der Waals surface area contributed by atoms with Gasteiger partial charge in [0.2, 0.25) is 0 Å². The van der Waals surface area contributed by atoms with Crippen molar-refractivity contribution in [2.75, 3.05) is 11.9 Å². The number of nitrogens with zero attached hydrogens (tertiary/aromatic N) is 2. The van der Waals surface area contributed by atoms with Crippen LogP contribution in [0.15, 0.2) is 12.5 Å². The maximum atomic E-state index is 5.96. The van der Waals surface area contributed by atoms with Crippen molar-refractivity contribution in [3.05, 3.63) is 17.5 Å². The van der Waals surface area contributed by atoms with Crippen LogP contribution in [0.3, 0.4) is 0 Å². The molecule has 5 heteroatoms. The quantitative estimate of drug-likeness (QED) is 0.827. The van der Waals surface area contributed by atoms with Crippen LogP contribution in [0.2, 0.25) is 5.02 Å². The average molecular weight is 229 g/mol. The normalized spacial score (nSPS) is 15.1. The summed E-state index contributed by atoms with van der Waals surface area (Å²) in [5.41, 5.74) is 5.55. The van der Waals surface area contributed by atoms with Crippen molar-refractivity contribution in [2.45, 2.75) is 26.3 Å². The molecular formula is C10H17ClN4. The van der Waals surface area contributed by atoms with Gasteiger partial charge in [-0.2, -0.15) is 0 Å². The van der Waals surface area contributed by atoms with Gasteiger partial charge in [-0.3, -0.25) is 0 Å². The van der Waals surface area contributed by atoms with Crippen molar-refractivity contribution in [1.29, 1.82) is 0 Å². The first-order valence-electron chi connectivity index (χ1n) is 4.93. The van der Waals surface area contributed by atoms with E-state index in [0.29, 0.717) is 23.3 Å². The molecule has 1 rings (SSSR count). The van der Waals surface area contributed by atoms with Crippen LogP contribution in [0.5, 0.6) is 0 Å². The number of aromatic nitrogens is 2. The zero-order valence-electron chi connectivity index (χ0n) is 9.29. The van der Waals surface area contributed by atoms with E-state index < -0.39 is 0 Å². The highest BCUT2D eigenvalue weighted by Gasteiger charge is 2.27. The number of anilines is 1. The van der Waals surface area contributed by atoms with E-state index in [9.17, 15) is 0 Å². The van der Waals surface area contributed by atoms with Gasteiger partial charge in [-0.15, -0.1) is 0 Å². The molecule has 0 aliphatic carbocycles. The van der Waals surface area contributed by atoms with Gasteiger partial charge in [-0.1, -0.05) is 25.4 Å². The first-order valence-corrected chi connectivity index (χ1v) is 5.31. The Morgan fingerprint density at radius 3 is 2.73 bits per heavy atom. The Balaban J connectivity index is 2.89. The molecule has 0 radical (unpaired) electrons. The van der Waals surface area contributed by atoms with Gasteiger partial charge >= 0.3 is 0 Å². The molecule has 1 unspecified atom stereocenters. The number of halogens is 1. The average Bonchev–Trinajstić information content (AvgIpc) is 2.21. The Morgan fingerprint density at radius 1 is 1.60 bits per heavy atom. The Kier molecular flexibility index (Phi) is 3.88. The standard InChI is InChI=1S/C10H17ClN4/c1-7(2)10(3,5-12)15-9-8(11)4-13-6-14-9/h4,6-7H,5,12H2,1-3H3,(H,13,14,15). The first-order chi connectivity index (χ1) is 6.99. The highest BCUT2D eigenvalue weighted by Crippen LogP contribution is 2.24. The van der Waals surface area contributed by atoms with E-state index >= 15 is 0 Å². The van der Waals surface area contributed by atoms with Crippen molar-refractivity contribution in [2.24, 2.45) is 11.7 Å². The Bertz CT molecular complexity index is 329. The lowest BCUT2D eigenvalue weighted by Gasteiger charge is -2.34. The summed E-state index contributed by atoms with van der Waals surface area (Å²) in [6, 6.07) is 0. The molecule has 15 heavy (non-hydrogen) atoms. The summed E-state index contributed by atoms with van der Waals surface area (Å²) >= 11 is 5.96. The fourth-order valence-electron chi connectivity index (χ4n) is 1.11. The van der Waals surface area contributed by atoms with Gasteiger partial charge in [0.05, 0.1) is 11.7 Å². The molecule has 0 aromatic carbocycles. The summed E-state index contributed by atoms with van der Waals surface area (Å²) in [5.74, 6) is 1.02. The molecule has 84 valence electrons. The third-order valence-corrected chi connectivity index (χ3v) is 3.05. The highest BCUT2D eigenvalue weighted by molar-refractivity contribution is 6.32. The van der Waals surface area contributed by atoms with Gasteiger partial charge in [0.15, 0.2) is 0 Å². The van der Waals surface area contributed by atoms with E-state index in [4.69, 9.17) is 17.3 Å². The second kappa shape index (κ2) is 4.77. The SMILES string of the molecule is CC(C)C(C)(CN)Nc1ncncc1Cl. The molecule has 0 saturated heterocycles. The molecule has 0 aliphatic rings. The number of nitrogens with two attached hydrogens (primary N) is 1. The molecule has 1 aromatic heterocycles. The van der Waals surface area contributed by atoms with E-state index in [-0.39, 0.29) is 5.54 Å². The molecule has 3 N–H and O–H groups in total. The van der Waals surface area contributed by atoms with Crippen LogP contribution >= 0.6 is 11.6 Å². The van der Waals surface area contributed by atoms with Gasteiger partial charge in [0, 0.05) is 6.54 Å². The zero-order chi connectivity index (χ0) is 11.5. The second-order valence-electron chi connectivity index (χ2n) is 4.12. The fourth-order valence-corrected chi connectivity index (χ4v) is 1.26. The van der Waals surface area contributed by atoms with Gasteiger partial charge in [0.25, 0.3) is 0 Å². The summed E-state index contributed by atoms with van der Waals surface area (Å²) < 4.78 is 0. The lowest BCUT2D eigenvalue weighted by atomic mass is 9.88. The Morgan fingerprint density at radius 2 is 2.27 bits per heavy atom. The number of rotatable bonds is 4. The van der Waals surface area contributed by atoms with Gasteiger partial charge in [0.1, 0.15) is 17.2 Å². The van der Waals surface area contributed by atoms with Crippen molar-refractivity contribution >= 4 is 17.4 Å². The topological polar surface area (TPSA) is 63.8 Å². The molecule has 0 bridgehead atoms. The molecule has 4 nitrogen and oxygen atoms in total. The van der Waals surface area contributed by atoms with Crippen LogP contribution in [0.1, 0.15) is 20.8 Å². The lowest BCUT2D eigenvalue weighted by molar-refractivity contribution is 0.381.